The van der Waals surface area contributed by atoms with Gasteiger partial charge in [0, 0.05) is 35.9 Å². The smallest absolute Gasteiger partial charge is 0.126 e. The van der Waals surface area contributed by atoms with Gasteiger partial charge < -0.3 is 10.1 Å². The van der Waals surface area contributed by atoms with Crippen LogP contribution in [0.5, 0.6) is 0 Å². The van der Waals surface area contributed by atoms with Crippen LogP contribution in [0.25, 0.3) is 0 Å². The van der Waals surface area contributed by atoms with Crippen molar-refractivity contribution >= 4 is 17.4 Å². The molecule has 116 valence electrons. The Morgan fingerprint density at radius 3 is 2.68 bits per heavy atom. The highest BCUT2D eigenvalue weighted by molar-refractivity contribution is 6.30. The van der Waals surface area contributed by atoms with Crippen LogP contribution in [0.3, 0.4) is 0 Å². The predicted molar refractivity (Wildman–Crippen MR) is 90.6 cm³/mol. The average molecular weight is 317 g/mol. The van der Waals surface area contributed by atoms with Crippen molar-refractivity contribution in [2.45, 2.75) is 25.2 Å². The standard InChI is InChI=1S/C18H21ClN2O/c1-14-4-2-7-17(21-14)20-13-18(8-10-22-11-9-18)15-5-3-6-16(19)12-15/h2-7,12H,8-11,13H2,1H3,(H,20,21). The molecule has 1 aromatic heterocycles. The summed E-state index contributed by atoms with van der Waals surface area (Å²) in [6, 6.07) is 14.2. The summed E-state index contributed by atoms with van der Waals surface area (Å²) in [6.45, 7) is 4.42. The zero-order valence-corrected chi connectivity index (χ0v) is 13.6. The molecule has 0 radical (unpaired) electrons. The van der Waals surface area contributed by atoms with E-state index in [4.69, 9.17) is 16.3 Å². The number of rotatable bonds is 4. The lowest BCUT2D eigenvalue weighted by atomic mass is 9.74. The van der Waals surface area contributed by atoms with Gasteiger partial charge >= 0.3 is 0 Å². The van der Waals surface area contributed by atoms with E-state index in [1.807, 2.05) is 37.3 Å². The van der Waals surface area contributed by atoms with Crippen LogP contribution in [0.2, 0.25) is 5.02 Å². The van der Waals surface area contributed by atoms with E-state index in [-0.39, 0.29) is 5.41 Å². The third kappa shape index (κ3) is 3.42. The van der Waals surface area contributed by atoms with Crippen LogP contribution >= 0.6 is 11.6 Å². The molecule has 2 heterocycles. The number of hydrogen-bond acceptors (Lipinski definition) is 3. The molecule has 22 heavy (non-hydrogen) atoms. The lowest BCUT2D eigenvalue weighted by Crippen LogP contribution is -2.40. The number of nitrogens with one attached hydrogen (secondary N) is 1. The Morgan fingerprint density at radius 2 is 1.95 bits per heavy atom. The van der Waals surface area contributed by atoms with Gasteiger partial charge in [-0.3, -0.25) is 0 Å². The van der Waals surface area contributed by atoms with Crippen molar-refractivity contribution in [3.8, 4) is 0 Å². The maximum Gasteiger partial charge on any atom is 0.126 e. The number of pyridine rings is 1. The van der Waals surface area contributed by atoms with Crippen molar-refractivity contribution in [1.29, 1.82) is 0 Å². The predicted octanol–water partition coefficient (Wildman–Crippen LogP) is 4.20. The molecular formula is C18H21ClN2O. The van der Waals surface area contributed by atoms with Crippen LogP contribution in [0.1, 0.15) is 24.1 Å². The maximum atomic E-state index is 6.20. The summed E-state index contributed by atoms with van der Waals surface area (Å²) in [4.78, 5) is 4.53. The van der Waals surface area contributed by atoms with Crippen molar-refractivity contribution < 1.29 is 4.74 Å². The molecule has 1 aromatic carbocycles. The summed E-state index contributed by atoms with van der Waals surface area (Å²) in [5.41, 5.74) is 2.35. The van der Waals surface area contributed by atoms with E-state index in [0.717, 1.165) is 49.1 Å². The molecule has 1 aliphatic heterocycles. The van der Waals surface area contributed by atoms with E-state index < -0.39 is 0 Å². The number of halogens is 1. The Morgan fingerprint density at radius 1 is 1.18 bits per heavy atom. The summed E-state index contributed by atoms with van der Waals surface area (Å²) in [5, 5.41) is 4.29. The number of anilines is 1. The van der Waals surface area contributed by atoms with Crippen molar-refractivity contribution in [3.05, 3.63) is 58.7 Å². The molecule has 3 nitrogen and oxygen atoms in total. The first-order chi connectivity index (χ1) is 10.7. The molecule has 0 unspecified atom stereocenters. The van der Waals surface area contributed by atoms with Crippen molar-refractivity contribution in [1.82, 2.24) is 4.98 Å². The molecule has 1 N–H and O–H groups in total. The third-order valence-corrected chi connectivity index (χ3v) is 4.62. The van der Waals surface area contributed by atoms with Gasteiger partial charge in [0.1, 0.15) is 5.82 Å². The quantitative estimate of drug-likeness (QED) is 0.917. The second-order valence-electron chi connectivity index (χ2n) is 5.92. The van der Waals surface area contributed by atoms with Gasteiger partial charge in [0.15, 0.2) is 0 Å². The first-order valence-electron chi connectivity index (χ1n) is 7.69. The molecule has 0 atom stereocenters. The van der Waals surface area contributed by atoms with Gasteiger partial charge in [-0.15, -0.1) is 0 Å². The normalized spacial score (nSPS) is 17.2. The fourth-order valence-corrected chi connectivity index (χ4v) is 3.24. The van der Waals surface area contributed by atoms with Gasteiger partial charge in [0.25, 0.3) is 0 Å². The molecule has 4 heteroatoms. The molecule has 1 fully saturated rings. The number of benzene rings is 1. The van der Waals surface area contributed by atoms with E-state index >= 15 is 0 Å². The van der Waals surface area contributed by atoms with E-state index in [1.54, 1.807) is 0 Å². The fraction of sp³-hybridized carbons (Fsp3) is 0.389. The van der Waals surface area contributed by atoms with Gasteiger partial charge in [-0.1, -0.05) is 29.8 Å². The molecule has 0 saturated carbocycles. The summed E-state index contributed by atoms with van der Waals surface area (Å²) < 4.78 is 5.57. The number of hydrogen-bond donors (Lipinski definition) is 1. The summed E-state index contributed by atoms with van der Waals surface area (Å²) in [6.07, 6.45) is 1.98. The Hall–Kier alpha value is -1.58. The highest BCUT2D eigenvalue weighted by Crippen LogP contribution is 2.36. The summed E-state index contributed by atoms with van der Waals surface area (Å²) in [7, 11) is 0. The Bertz CT molecular complexity index is 638. The fourth-order valence-electron chi connectivity index (χ4n) is 3.05. The van der Waals surface area contributed by atoms with Crippen LogP contribution < -0.4 is 5.32 Å². The zero-order chi connectivity index (χ0) is 15.4. The molecule has 0 aliphatic carbocycles. The number of aryl methyl sites for hydroxylation is 1. The maximum absolute atomic E-state index is 6.20. The highest BCUT2D eigenvalue weighted by atomic mass is 35.5. The molecule has 0 amide bonds. The summed E-state index contributed by atoms with van der Waals surface area (Å²) in [5.74, 6) is 0.924. The Kier molecular flexibility index (Phi) is 4.65. The minimum absolute atomic E-state index is 0.0502. The zero-order valence-electron chi connectivity index (χ0n) is 12.8. The number of nitrogens with zero attached hydrogens (tertiary/aromatic N) is 1. The Labute approximate surface area is 136 Å². The SMILES string of the molecule is Cc1cccc(NCC2(c3cccc(Cl)c3)CCOCC2)n1. The molecule has 3 rings (SSSR count). The molecule has 0 spiro atoms. The van der Waals surface area contributed by atoms with E-state index in [9.17, 15) is 0 Å². The largest absolute Gasteiger partial charge is 0.381 e. The average Bonchev–Trinajstić information content (AvgIpc) is 2.54. The van der Waals surface area contributed by atoms with E-state index in [1.165, 1.54) is 5.56 Å². The molecule has 2 aromatic rings. The van der Waals surface area contributed by atoms with Gasteiger partial charge in [-0.2, -0.15) is 0 Å². The van der Waals surface area contributed by atoms with Gasteiger partial charge in [0.2, 0.25) is 0 Å². The topological polar surface area (TPSA) is 34.1 Å². The van der Waals surface area contributed by atoms with Crippen molar-refractivity contribution in [2.24, 2.45) is 0 Å². The lowest BCUT2D eigenvalue weighted by molar-refractivity contribution is 0.0543. The number of aromatic nitrogens is 1. The second kappa shape index (κ2) is 6.67. The van der Waals surface area contributed by atoms with Gasteiger partial charge in [-0.05, 0) is 49.6 Å². The van der Waals surface area contributed by atoms with Crippen molar-refractivity contribution in [3.63, 3.8) is 0 Å². The van der Waals surface area contributed by atoms with Crippen LogP contribution in [0.15, 0.2) is 42.5 Å². The van der Waals surface area contributed by atoms with Crippen molar-refractivity contribution in [2.75, 3.05) is 25.1 Å². The minimum Gasteiger partial charge on any atom is -0.381 e. The van der Waals surface area contributed by atoms with Crippen LogP contribution in [0.4, 0.5) is 5.82 Å². The third-order valence-electron chi connectivity index (χ3n) is 4.38. The molecule has 0 bridgehead atoms. The van der Waals surface area contributed by atoms with Gasteiger partial charge in [-0.25, -0.2) is 4.98 Å². The first kappa shape index (κ1) is 15.3. The van der Waals surface area contributed by atoms with Crippen LogP contribution in [-0.2, 0) is 10.2 Å². The minimum atomic E-state index is 0.0502. The lowest BCUT2D eigenvalue weighted by Gasteiger charge is -2.38. The molecular weight excluding hydrogens is 296 g/mol. The van der Waals surface area contributed by atoms with E-state index in [2.05, 4.69) is 22.4 Å². The van der Waals surface area contributed by atoms with E-state index in [0.29, 0.717) is 0 Å². The second-order valence-corrected chi connectivity index (χ2v) is 6.36. The first-order valence-corrected chi connectivity index (χ1v) is 8.07. The molecule has 1 aliphatic rings. The van der Waals surface area contributed by atoms with Crippen LogP contribution in [0, 0.1) is 6.92 Å². The number of ether oxygens (including phenoxy) is 1. The summed E-state index contributed by atoms with van der Waals surface area (Å²) >= 11 is 6.20. The monoisotopic (exact) mass is 316 g/mol. The highest BCUT2D eigenvalue weighted by Gasteiger charge is 2.34. The van der Waals surface area contributed by atoms with Gasteiger partial charge in [0.05, 0.1) is 0 Å². The molecule has 1 saturated heterocycles. The Balaban J connectivity index is 1.83. The van der Waals surface area contributed by atoms with Crippen LogP contribution in [-0.4, -0.2) is 24.7 Å².